The highest BCUT2D eigenvalue weighted by Crippen LogP contribution is 2.46. The van der Waals surface area contributed by atoms with Gasteiger partial charge >= 0.3 is 0 Å². The molecule has 110 valence electrons. The smallest absolute Gasteiger partial charge is 0.186 e. The lowest BCUT2D eigenvalue weighted by atomic mass is 10.2. The van der Waals surface area contributed by atoms with Crippen molar-refractivity contribution in [3.05, 3.63) is 40.4 Å². The third-order valence-corrected chi connectivity index (χ3v) is 6.11. The van der Waals surface area contributed by atoms with Gasteiger partial charge in [0.2, 0.25) is 0 Å². The van der Waals surface area contributed by atoms with E-state index in [1.807, 2.05) is 36.2 Å². The van der Waals surface area contributed by atoms with Crippen molar-refractivity contribution in [3.63, 3.8) is 0 Å². The molecule has 2 heterocycles. The molecule has 0 amide bonds. The Morgan fingerprint density at radius 2 is 2.27 bits per heavy atom. The van der Waals surface area contributed by atoms with E-state index in [1.165, 1.54) is 34.9 Å². The van der Waals surface area contributed by atoms with E-state index in [1.54, 1.807) is 5.51 Å². The molecule has 0 saturated carbocycles. The van der Waals surface area contributed by atoms with E-state index in [-0.39, 0.29) is 17.1 Å². The molecule has 0 bridgehead atoms. The van der Waals surface area contributed by atoms with Crippen LogP contribution >= 0.6 is 34.9 Å². The lowest BCUT2D eigenvalue weighted by Crippen LogP contribution is -2.16. The van der Waals surface area contributed by atoms with Crippen LogP contribution in [0.25, 0.3) is 0 Å². The van der Waals surface area contributed by atoms with E-state index in [0.29, 0.717) is 5.03 Å². The molecule has 0 spiro atoms. The number of carbonyl (C=O) groups excluding carboxylic acids is 1. The van der Waals surface area contributed by atoms with Gasteiger partial charge in [-0.25, -0.2) is 0 Å². The monoisotopic (exact) mass is 346 g/mol. The van der Waals surface area contributed by atoms with Crippen LogP contribution in [0, 0.1) is 11.3 Å². The van der Waals surface area contributed by atoms with Crippen LogP contribution in [0.5, 0.6) is 0 Å². The van der Waals surface area contributed by atoms with Crippen LogP contribution in [-0.2, 0) is 4.79 Å². The summed E-state index contributed by atoms with van der Waals surface area (Å²) in [6.07, 6.45) is 0. The van der Waals surface area contributed by atoms with Gasteiger partial charge < -0.3 is 4.90 Å². The number of hydrogen-bond acceptors (Lipinski definition) is 8. The van der Waals surface area contributed by atoms with E-state index in [0.717, 1.165) is 14.9 Å². The number of anilines is 1. The molecule has 0 aliphatic carbocycles. The van der Waals surface area contributed by atoms with E-state index in [2.05, 4.69) is 16.3 Å². The Morgan fingerprint density at radius 3 is 2.95 bits per heavy atom. The molecule has 1 aromatic heterocycles. The summed E-state index contributed by atoms with van der Waals surface area (Å²) in [5.74, 6) is -0.00311. The van der Waals surface area contributed by atoms with Crippen molar-refractivity contribution in [3.8, 4) is 6.07 Å². The third-order valence-electron chi connectivity index (χ3n) is 3.01. The van der Waals surface area contributed by atoms with Gasteiger partial charge in [0, 0.05) is 11.9 Å². The summed E-state index contributed by atoms with van der Waals surface area (Å²) < 4.78 is 0.728. The molecule has 8 heteroatoms. The predicted molar refractivity (Wildman–Crippen MR) is 89.0 cm³/mol. The van der Waals surface area contributed by atoms with Crippen LogP contribution < -0.4 is 4.90 Å². The number of Topliss-reactive ketones (excluding diaryl/α,β-unsaturated/α-hetero) is 1. The molecule has 5 nitrogen and oxygen atoms in total. The van der Waals surface area contributed by atoms with Gasteiger partial charge in [-0.15, -0.1) is 10.2 Å². The second-order valence-corrected chi connectivity index (χ2v) is 7.42. The maximum Gasteiger partial charge on any atom is 0.186 e. The Hall–Kier alpha value is -1.82. The van der Waals surface area contributed by atoms with Crippen molar-refractivity contribution in [2.75, 3.05) is 17.7 Å². The second kappa shape index (κ2) is 6.52. The van der Waals surface area contributed by atoms with E-state index in [9.17, 15) is 10.1 Å². The third kappa shape index (κ3) is 2.88. The molecular weight excluding hydrogens is 336 g/mol. The molecule has 22 heavy (non-hydrogen) atoms. The van der Waals surface area contributed by atoms with Gasteiger partial charge in [-0.1, -0.05) is 47.0 Å². The van der Waals surface area contributed by atoms with Gasteiger partial charge in [-0.2, -0.15) is 5.26 Å². The second-order valence-electron chi connectivity index (χ2n) is 4.34. The summed E-state index contributed by atoms with van der Waals surface area (Å²) in [7, 11) is 1.87. The summed E-state index contributed by atoms with van der Waals surface area (Å²) >= 11 is 4.14. The van der Waals surface area contributed by atoms with Crippen LogP contribution in [0.3, 0.4) is 0 Å². The lowest BCUT2D eigenvalue weighted by Gasteiger charge is -2.14. The number of nitriles is 1. The van der Waals surface area contributed by atoms with Gasteiger partial charge in [-0.3, -0.25) is 4.79 Å². The van der Waals surface area contributed by atoms with Crippen molar-refractivity contribution in [1.29, 1.82) is 5.26 Å². The predicted octanol–water partition coefficient (Wildman–Crippen LogP) is 3.18. The summed E-state index contributed by atoms with van der Waals surface area (Å²) in [5, 5.41) is 17.7. The first-order chi connectivity index (χ1) is 10.7. The molecule has 1 aliphatic heterocycles. The quantitative estimate of drug-likeness (QED) is 0.478. The molecule has 0 saturated heterocycles. The Labute approximate surface area is 140 Å². The Morgan fingerprint density at radius 1 is 1.45 bits per heavy atom. The lowest BCUT2D eigenvalue weighted by molar-refractivity contribution is -0.112. The Balaban J connectivity index is 1.82. The van der Waals surface area contributed by atoms with Crippen molar-refractivity contribution >= 4 is 46.3 Å². The number of allylic oxidation sites excluding steroid dienone is 1. The summed E-state index contributed by atoms with van der Waals surface area (Å²) in [6.45, 7) is 0. The fraction of sp³-hybridized carbons (Fsp3) is 0.143. The zero-order valence-electron chi connectivity index (χ0n) is 11.5. The molecular formula is C14H10N4OS3. The minimum Gasteiger partial charge on any atom is -0.337 e. The number of fused-ring (bicyclic) bond motifs is 1. The SMILES string of the molecule is CN1/C(=C(\C#N)C(=O)CSc2nncs2)Sc2ccccc21. The van der Waals surface area contributed by atoms with Crippen molar-refractivity contribution < 1.29 is 4.79 Å². The zero-order chi connectivity index (χ0) is 15.5. The number of para-hydroxylation sites is 1. The summed E-state index contributed by atoms with van der Waals surface area (Å²) in [5.41, 5.74) is 2.83. The molecule has 0 fully saturated rings. The average Bonchev–Trinajstić information content (AvgIpc) is 3.16. The molecule has 0 atom stereocenters. The van der Waals surface area contributed by atoms with Crippen molar-refractivity contribution in [1.82, 2.24) is 10.2 Å². The highest BCUT2D eigenvalue weighted by molar-refractivity contribution is 8.04. The minimum atomic E-state index is -0.190. The summed E-state index contributed by atoms with van der Waals surface area (Å²) in [4.78, 5) is 15.3. The van der Waals surface area contributed by atoms with E-state index >= 15 is 0 Å². The molecule has 2 aromatic rings. The van der Waals surface area contributed by atoms with Gasteiger partial charge in [0.1, 0.15) is 22.2 Å². The van der Waals surface area contributed by atoms with Crippen LogP contribution in [0.15, 0.2) is 49.6 Å². The van der Waals surface area contributed by atoms with Gasteiger partial charge in [0.05, 0.1) is 11.4 Å². The number of aromatic nitrogens is 2. The molecule has 0 N–H and O–H groups in total. The molecule has 3 rings (SSSR count). The fourth-order valence-electron chi connectivity index (χ4n) is 1.98. The topological polar surface area (TPSA) is 69.9 Å². The van der Waals surface area contributed by atoms with Gasteiger partial charge in [-0.05, 0) is 12.1 Å². The van der Waals surface area contributed by atoms with Gasteiger partial charge in [0.15, 0.2) is 10.1 Å². The molecule has 0 radical (unpaired) electrons. The number of ketones is 1. The summed E-state index contributed by atoms with van der Waals surface area (Å²) in [6, 6.07) is 9.91. The van der Waals surface area contributed by atoms with Gasteiger partial charge in [0.25, 0.3) is 0 Å². The maximum atomic E-state index is 12.4. The number of rotatable bonds is 4. The zero-order valence-corrected chi connectivity index (χ0v) is 14.0. The first-order valence-corrected chi connectivity index (χ1v) is 8.96. The fourth-order valence-corrected chi connectivity index (χ4v) is 4.50. The van der Waals surface area contributed by atoms with Crippen LogP contribution in [0.1, 0.15) is 0 Å². The highest BCUT2D eigenvalue weighted by atomic mass is 32.2. The standard InChI is InChI=1S/C14H10N4OS3/c1-18-10-4-2-3-5-12(10)22-13(18)9(6-15)11(19)7-20-14-17-16-8-21-14/h2-5,8H,7H2,1H3/b13-9-. The van der Waals surface area contributed by atoms with E-state index in [4.69, 9.17) is 0 Å². The molecule has 1 aromatic carbocycles. The van der Waals surface area contributed by atoms with Crippen LogP contribution in [0.4, 0.5) is 5.69 Å². The molecule has 0 unspecified atom stereocenters. The average molecular weight is 346 g/mol. The Bertz CT molecular complexity index is 780. The highest BCUT2D eigenvalue weighted by Gasteiger charge is 2.27. The number of hydrogen-bond donors (Lipinski definition) is 0. The normalized spacial score (nSPS) is 15.4. The van der Waals surface area contributed by atoms with Crippen molar-refractivity contribution in [2.24, 2.45) is 0 Å². The largest absolute Gasteiger partial charge is 0.337 e. The maximum absolute atomic E-state index is 12.4. The first-order valence-electron chi connectivity index (χ1n) is 6.28. The van der Waals surface area contributed by atoms with E-state index < -0.39 is 0 Å². The number of carbonyl (C=O) groups is 1. The Kier molecular flexibility index (Phi) is 4.47. The first kappa shape index (κ1) is 15.1. The van der Waals surface area contributed by atoms with Crippen LogP contribution in [0.2, 0.25) is 0 Å². The number of nitrogens with zero attached hydrogens (tertiary/aromatic N) is 4. The molecule has 1 aliphatic rings. The van der Waals surface area contributed by atoms with Crippen LogP contribution in [-0.4, -0.2) is 28.8 Å². The number of thioether (sulfide) groups is 2. The van der Waals surface area contributed by atoms with Crippen molar-refractivity contribution in [2.45, 2.75) is 9.24 Å². The minimum absolute atomic E-state index is 0.187. The number of benzene rings is 1.